The van der Waals surface area contributed by atoms with Crippen molar-refractivity contribution >= 4 is 0 Å². The molecule has 1 N–H and O–H groups in total. The average molecular weight is 318 g/mol. The van der Waals surface area contributed by atoms with Gasteiger partial charge in [-0.15, -0.1) is 0 Å². The maximum Gasteiger partial charge on any atom is 0.108 e. The highest BCUT2D eigenvalue weighted by molar-refractivity contribution is 5.33. The second-order valence-corrected chi connectivity index (χ2v) is 5.88. The van der Waals surface area contributed by atoms with Crippen LogP contribution in [-0.2, 0) is 11.3 Å². The van der Waals surface area contributed by atoms with Crippen LogP contribution in [0.3, 0.4) is 0 Å². The summed E-state index contributed by atoms with van der Waals surface area (Å²) in [6.45, 7) is 2.10. The van der Waals surface area contributed by atoms with Crippen molar-refractivity contribution in [3.05, 3.63) is 107 Å². The summed E-state index contributed by atoms with van der Waals surface area (Å²) in [7, 11) is 0. The van der Waals surface area contributed by atoms with E-state index in [-0.39, 0.29) is 18.8 Å². The molecule has 0 fully saturated rings. The average Bonchev–Trinajstić information content (AvgIpc) is 2.67. The number of hydrogen-bond acceptors (Lipinski definition) is 2. The molecule has 0 amide bonds. The van der Waals surface area contributed by atoms with Crippen LogP contribution in [0.25, 0.3) is 0 Å². The van der Waals surface area contributed by atoms with Crippen LogP contribution >= 0.6 is 0 Å². The van der Waals surface area contributed by atoms with Gasteiger partial charge in [-0.1, -0.05) is 84.9 Å². The zero-order valence-electron chi connectivity index (χ0n) is 13.8. The Morgan fingerprint density at radius 2 is 1.33 bits per heavy atom. The van der Waals surface area contributed by atoms with Crippen LogP contribution in [0.1, 0.15) is 41.4 Å². The Kier molecular flexibility index (Phi) is 5.42. The van der Waals surface area contributed by atoms with E-state index in [0.717, 1.165) is 22.3 Å². The third-order valence-corrected chi connectivity index (χ3v) is 4.15. The molecule has 0 aliphatic carbocycles. The Bertz CT molecular complexity index is 753. The van der Waals surface area contributed by atoms with Gasteiger partial charge in [0.25, 0.3) is 0 Å². The van der Waals surface area contributed by atoms with Crippen molar-refractivity contribution in [1.29, 1.82) is 0 Å². The van der Waals surface area contributed by atoms with Crippen LogP contribution in [0.5, 0.6) is 0 Å². The van der Waals surface area contributed by atoms with Gasteiger partial charge < -0.3 is 9.84 Å². The van der Waals surface area contributed by atoms with E-state index < -0.39 is 0 Å². The molecule has 0 radical (unpaired) electrons. The molecule has 2 atom stereocenters. The quantitative estimate of drug-likeness (QED) is 0.689. The van der Waals surface area contributed by atoms with Crippen LogP contribution in [0.15, 0.2) is 84.9 Å². The highest BCUT2D eigenvalue weighted by Gasteiger charge is 2.19. The number of rotatable bonds is 6. The molecule has 24 heavy (non-hydrogen) atoms. The first-order valence-electron chi connectivity index (χ1n) is 8.23. The maximum atomic E-state index is 9.43. The van der Waals surface area contributed by atoms with Gasteiger partial charge in [0.1, 0.15) is 6.10 Å². The standard InChI is InChI=1S/C22H22O2/c1-17(19-10-4-2-5-11-19)24-22(20-12-6-3-7-13-20)21-14-8-9-18(15-21)16-23/h2-15,17,22-23H,16H2,1H3/t17-,22?/m1/s1. The normalized spacial score (nSPS) is 13.4. The molecule has 122 valence electrons. The lowest BCUT2D eigenvalue weighted by Gasteiger charge is -2.24. The van der Waals surface area contributed by atoms with Gasteiger partial charge in [-0.2, -0.15) is 0 Å². The number of aliphatic hydroxyl groups excluding tert-OH is 1. The summed E-state index contributed by atoms with van der Waals surface area (Å²) in [5, 5.41) is 9.43. The molecule has 0 aliphatic heterocycles. The second-order valence-electron chi connectivity index (χ2n) is 5.88. The van der Waals surface area contributed by atoms with Gasteiger partial charge in [-0.05, 0) is 29.2 Å². The van der Waals surface area contributed by atoms with Crippen molar-refractivity contribution < 1.29 is 9.84 Å². The van der Waals surface area contributed by atoms with E-state index in [0.29, 0.717) is 0 Å². The molecule has 2 nitrogen and oxygen atoms in total. The first-order chi connectivity index (χ1) is 11.8. The lowest BCUT2D eigenvalue weighted by atomic mass is 9.99. The first kappa shape index (κ1) is 16.4. The van der Waals surface area contributed by atoms with Gasteiger partial charge in [0.15, 0.2) is 0 Å². The Hall–Kier alpha value is -2.42. The monoisotopic (exact) mass is 318 g/mol. The van der Waals surface area contributed by atoms with Gasteiger partial charge >= 0.3 is 0 Å². The lowest BCUT2D eigenvalue weighted by molar-refractivity contribution is 0.0180. The zero-order chi connectivity index (χ0) is 16.8. The van der Waals surface area contributed by atoms with Crippen molar-refractivity contribution in [1.82, 2.24) is 0 Å². The van der Waals surface area contributed by atoms with E-state index in [2.05, 4.69) is 37.3 Å². The summed E-state index contributed by atoms with van der Waals surface area (Å²) in [6.07, 6.45) is -0.206. The van der Waals surface area contributed by atoms with Gasteiger partial charge in [-0.3, -0.25) is 0 Å². The van der Waals surface area contributed by atoms with Crippen molar-refractivity contribution in [3.8, 4) is 0 Å². The fourth-order valence-electron chi connectivity index (χ4n) is 2.84. The second kappa shape index (κ2) is 7.91. The Morgan fingerprint density at radius 1 is 0.750 bits per heavy atom. The fraction of sp³-hybridized carbons (Fsp3) is 0.182. The molecule has 0 spiro atoms. The van der Waals surface area contributed by atoms with E-state index in [1.54, 1.807) is 0 Å². The molecule has 0 saturated carbocycles. The third-order valence-electron chi connectivity index (χ3n) is 4.15. The van der Waals surface area contributed by atoms with E-state index in [1.165, 1.54) is 0 Å². The fourth-order valence-corrected chi connectivity index (χ4v) is 2.84. The van der Waals surface area contributed by atoms with Crippen molar-refractivity contribution in [2.45, 2.75) is 25.7 Å². The molecule has 1 unspecified atom stereocenters. The Labute approximate surface area is 143 Å². The molecule has 3 aromatic carbocycles. The molecule has 0 heterocycles. The van der Waals surface area contributed by atoms with E-state index >= 15 is 0 Å². The summed E-state index contributed by atoms with van der Waals surface area (Å²) in [5.41, 5.74) is 4.20. The molecule has 0 aliphatic rings. The number of hydrogen-bond donors (Lipinski definition) is 1. The van der Waals surface area contributed by atoms with Crippen LogP contribution in [0, 0.1) is 0 Å². The lowest BCUT2D eigenvalue weighted by Crippen LogP contribution is -2.10. The highest BCUT2D eigenvalue weighted by atomic mass is 16.5. The van der Waals surface area contributed by atoms with Crippen molar-refractivity contribution in [2.24, 2.45) is 0 Å². The largest absolute Gasteiger partial charge is 0.392 e. The highest BCUT2D eigenvalue weighted by Crippen LogP contribution is 2.32. The minimum atomic E-state index is -0.173. The van der Waals surface area contributed by atoms with Crippen LogP contribution in [-0.4, -0.2) is 5.11 Å². The van der Waals surface area contributed by atoms with Crippen LogP contribution in [0.4, 0.5) is 0 Å². The van der Waals surface area contributed by atoms with Crippen LogP contribution < -0.4 is 0 Å². The third kappa shape index (κ3) is 3.91. The molecule has 3 aromatic rings. The molecule has 3 rings (SSSR count). The molecular formula is C22H22O2. The summed E-state index contributed by atoms with van der Waals surface area (Å²) >= 11 is 0. The SMILES string of the molecule is C[C@@H](OC(c1ccccc1)c1cccc(CO)c1)c1ccccc1. The summed E-state index contributed by atoms with van der Waals surface area (Å²) in [5.74, 6) is 0. The van der Waals surface area contributed by atoms with Crippen molar-refractivity contribution in [3.63, 3.8) is 0 Å². The Morgan fingerprint density at radius 3 is 1.96 bits per heavy atom. The zero-order valence-corrected chi connectivity index (χ0v) is 13.8. The predicted octanol–water partition coefficient (Wildman–Crippen LogP) is 5.05. The van der Waals surface area contributed by atoms with Gasteiger partial charge in [-0.25, -0.2) is 0 Å². The predicted molar refractivity (Wildman–Crippen MR) is 96.6 cm³/mol. The van der Waals surface area contributed by atoms with E-state index in [4.69, 9.17) is 4.74 Å². The maximum absolute atomic E-state index is 9.43. The number of benzene rings is 3. The summed E-state index contributed by atoms with van der Waals surface area (Å²) in [6, 6.07) is 28.4. The number of ether oxygens (including phenoxy) is 1. The Balaban J connectivity index is 1.93. The molecule has 0 saturated heterocycles. The summed E-state index contributed by atoms with van der Waals surface area (Å²) in [4.78, 5) is 0. The van der Waals surface area contributed by atoms with Gasteiger partial charge in [0, 0.05) is 0 Å². The molecule has 2 heteroatoms. The molecule has 0 bridgehead atoms. The topological polar surface area (TPSA) is 29.5 Å². The number of aliphatic hydroxyl groups is 1. The first-order valence-corrected chi connectivity index (χ1v) is 8.23. The smallest absolute Gasteiger partial charge is 0.108 e. The van der Waals surface area contributed by atoms with E-state index in [1.807, 2.05) is 54.6 Å². The summed E-state index contributed by atoms with van der Waals surface area (Å²) < 4.78 is 6.43. The van der Waals surface area contributed by atoms with Gasteiger partial charge in [0.05, 0.1) is 12.7 Å². The van der Waals surface area contributed by atoms with Crippen molar-refractivity contribution in [2.75, 3.05) is 0 Å². The molecule has 0 aromatic heterocycles. The van der Waals surface area contributed by atoms with Crippen LogP contribution in [0.2, 0.25) is 0 Å². The van der Waals surface area contributed by atoms with E-state index in [9.17, 15) is 5.11 Å². The molecular weight excluding hydrogens is 296 g/mol. The van der Waals surface area contributed by atoms with Gasteiger partial charge in [0.2, 0.25) is 0 Å². The minimum absolute atomic E-state index is 0.0313. The minimum Gasteiger partial charge on any atom is -0.392 e.